The SMILES string of the molecule is C=C1C(Cl)C2OC(=O)C(C)C2(O)C(OC(C)=O)C2C(C)C(OC(=O)CCCCC)C3OC3C2(C)C(O)C2OC12. The largest absolute Gasteiger partial charge is 0.459 e. The van der Waals surface area contributed by atoms with Gasteiger partial charge in [0.25, 0.3) is 0 Å². The number of aliphatic hydroxyl groups excluding tert-OH is 1. The van der Waals surface area contributed by atoms with Crippen molar-refractivity contribution in [1.29, 1.82) is 0 Å². The summed E-state index contributed by atoms with van der Waals surface area (Å²) < 4.78 is 29.4. The molecule has 0 aromatic heterocycles. The van der Waals surface area contributed by atoms with Crippen LogP contribution in [0.25, 0.3) is 0 Å². The topological polar surface area (TPSA) is 144 Å². The van der Waals surface area contributed by atoms with Gasteiger partial charge in [-0.1, -0.05) is 40.2 Å². The summed E-state index contributed by atoms with van der Waals surface area (Å²) in [6.45, 7) is 12.4. The molecule has 14 atom stereocenters. The smallest absolute Gasteiger partial charge is 0.312 e. The van der Waals surface area contributed by atoms with E-state index >= 15 is 0 Å². The number of halogens is 1. The monoisotopic (exact) mass is 570 g/mol. The van der Waals surface area contributed by atoms with Gasteiger partial charge in [-0.15, -0.1) is 11.6 Å². The fourth-order valence-electron chi connectivity index (χ4n) is 7.47. The lowest BCUT2D eigenvalue weighted by molar-refractivity contribution is -0.223. The molecule has 5 rings (SSSR count). The number of carbonyl (C=O) groups is 3. The minimum absolute atomic E-state index is 0.255. The minimum atomic E-state index is -2.09. The Kier molecular flexibility index (Phi) is 7.37. The molecule has 3 heterocycles. The number of esters is 3. The number of ether oxygens (including phenoxy) is 5. The van der Waals surface area contributed by atoms with Gasteiger partial charge in [0.05, 0.1) is 23.5 Å². The summed E-state index contributed by atoms with van der Waals surface area (Å²) in [5.74, 6) is -4.28. The quantitative estimate of drug-likeness (QED) is 0.121. The van der Waals surface area contributed by atoms with Crippen LogP contribution in [0.5, 0.6) is 0 Å². The van der Waals surface area contributed by atoms with Crippen LogP contribution in [0, 0.1) is 23.2 Å². The second-order valence-corrected chi connectivity index (χ2v) is 12.6. The highest BCUT2D eigenvalue weighted by Gasteiger charge is 2.77. The van der Waals surface area contributed by atoms with Crippen LogP contribution in [-0.4, -0.2) is 87.9 Å². The standard InChI is InChI=1S/C28H39ClO10/c1-7-8-9-10-15(31)36-18-11(2)16-23(35-14(5)30)28(34)13(4)26(33)39-24(28)17(29)12(3)19-20(37-19)22(32)27(16,6)25-21(18)38-25/h11,13,16-25,32,34H,3,7-10H2,1-2,4-6H3. The Bertz CT molecular complexity index is 1050. The van der Waals surface area contributed by atoms with E-state index in [1.165, 1.54) is 13.8 Å². The second-order valence-electron chi connectivity index (χ2n) is 12.1. The molecule has 2 aliphatic carbocycles. The van der Waals surface area contributed by atoms with Gasteiger partial charge in [-0.2, -0.15) is 0 Å². The van der Waals surface area contributed by atoms with Crippen molar-refractivity contribution in [3.8, 4) is 0 Å². The van der Waals surface area contributed by atoms with Gasteiger partial charge in [-0.25, -0.2) is 0 Å². The molecule has 10 nitrogen and oxygen atoms in total. The summed E-state index contributed by atoms with van der Waals surface area (Å²) in [6.07, 6.45) is -4.07. The van der Waals surface area contributed by atoms with E-state index in [1.54, 1.807) is 6.92 Å². The van der Waals surface area contributed by atoms with Crippen molar-refractivity contribution in [2.75, 3.05) is 0 Å². The number of rotatable bonds is 6. The zero-order valence-corrected chi connectivity index (χ0v) is 23.8. The van der Waals surface area contributed by atoms with Crippen molar-refractivity contribution < 1.29 is 48.3 Å². The van der Waals surface area contributed by atoms with E-state index in [0.717, 1.165) is 12.8 Å². The number of epoxide rings is 2. The number of hydrogen-bond donors (Lipinski definition) is 2. The summed E-state index contributed by atoms with van der Waals surface area (Å²) >= 11 is 6.77. The Morgan fingerprint density at radius 3 is 2.46 bits per heavy atom. The normalized spacial score (nSPS) is 49.9. The van der Waals surface area contributed by atoms with Crippen molar-refractivity contribution >= 4 is 29.5 Å². The molecule has 2 N–H and O–H groups in total. The summed E-state index contributed by atoms with van der Waals surface area (Å²) in [6, 6.07) is 0. The predicted octanol–water partition coefficient (Wildman–Crippen LogP) is 2.05. The number of hydrogen-bond acceptors (Lipinski definition) is 10. The number of fused-ring (bicyclic) bond motifs is 5. The molecule has 0 aromatic rings. The van der Waals surface area contributed by atoms with Crippen LogP contribution in [0.2, 0.25) is 0 Å². The predicted molar refractivity (Wildman–Crippen MR) is 136 cm³/mol. The van der Waals surface area contributed by atoms with E-state index in [9.17, 15) is 24.6 Å². The minimum Gasteiger partial charge on any atom is -0.459 e. The Balaban J connectivity index is 1.61. The van der Waals surface area contributed by atoms with Gasteiger partial charge >= 0.3 is 17.9 Å². The molecule has 0 bridgehead atoms. The molecule has 5 aliphatic rings. The maximum atomic E-state index is 12.9. The van der Waals surface area contributed by atoms with Gasteiger partial charge in [0.1, 0.15) is 30.5 Å². The third-order valence-corrected chi connectivity index (χ3v) is 10.3. The average Bonchev–Trinajstić information content (AvgIpc) is 3.80. The molecule has 0 spiro atoms. The van der Waals surface area contributed by atoms with Crippen LogP contribution in [0.3, 0.4) is 0 Å². The molecule has 5 fully saturated rings. The number of carbonyl (C=O) groups excluding carboxylic acids is 3. The van der Waals surface area contributed by atoms with Crippen molar-refractivity contribution in [2.24, 2.45) is 23.2 Å². The first-order valence-corrected chi connectivity index (χ1v) is 14.3. The lowest BCUT2D eigenvalue weighted by Gasteiger charge is -2.54. The molecule has 14 unspecified atom stereocenters. The maximum Gasteiger partial charge on any atom is 0.312 e. The van der Waals surface area contributed by atoms with E-state index in [4.69, 9.17) is 35.3 Å². The zero-order chi connectivity index (χ0) is 28.6. The van der Waals surface area contributed by atoms with Crippen LogP contribution in [0.4, 0.5) is 0 Å². The Morgan fingerprint density at radius 2 is 1.82 bits per heavy atom. The molecule has 0 aromatic carbocycles. The molecule has 0 radical (unpaired) electrons. The lowest BCUT2D eigenvalue weighted by atomic mass is 9.53. The van der Waals surface area contributed by atoms with Crippen LogP contribution in [-0.2, 0) is 38.1 Å². The van der Waals surface area contributed by atoms with Crippen LogP contribution in [0.1, 0.15) is 60.3 Å². The molecule has 3 aliphatic heterocycles. The lowest BCUT2D eigenvalue weighted by Crippen LogP contribution is -2.69. The van der Waals surface area contributed by atoms with Gasteiger partial charge in [-0.3, -0.25) is 14.4 Å². The number of aliphatic hydroxyl groups is 2. The van der Waals surface area contributed by atoms with Crippen LogP contribution >= 0.6 is 11.6 Å². The third-order valence-electron chi connectivity index (χ3n) is 9.80. The summed E-state index contributed by atoms with van der Waals surface area (Å²) in [5.41, 5.74) is -2.86. The van der Waals surface area contributed by atoms with Crippen molar-refractivity contribution in [1.82, 2.24) is 0 Å². The van der Waals surface area contributed by atoms with E-state index in [-0.39, 0.29) is 12.4 Å². The fourth-order valence-corrected chi connectivity index (χ4v) is 7.84. The molecular weight excluding hydrogens is 532 g/mol. The first kappa shape index (κ1) is 28.8. The van der Waals surface area contributed by atoms with Crippen molar-refractivity contribution in [2.45, 2.75) is 120 Å². The molecule has 3 saturated heterocycles. The van der Waals surface area contributed by atoms with Gasteiger partial charge in [0.15, 0.2) is 11.7 Å². The Hall–Kier alpha value is -1.72. The Morgan fingerprint density at radius 1 is 1.13 bits per heavy atom. The van der Waals surface area contributed by atoms with Gasteiger partial charge in [-0.05, 0) is 18.9 Å². The van der Waals surface area contributed by atoms with Gasteiger partial charge < -0.3 is 33.9 Å². The van der Waals surface area contributed by atoms with Crippen molar-refractivity contribution in [3.63, 3.8) is 0 Å². The highest BCUT2D eigenvalue weighted by molar-refractivity contribution is 6.23. The maximum absolute atomic E-state index is 12.9. The highest BCUT2D eigenvalue weighted by Crippen LogP contribution is 2.63. The van der Waals surface area contributed by atoms with E-state index in [2.05, 4.69) is 6.58 Å². The highest BCUT2D eigenvalue weighted by atomic mass is 35.5. The first-order chi connectivity index (χ1) is 18.3. The number of unbranched alkanes of at least 4 members (excludes halogenated alkanes) is 2. The molecule has 218 valence electrons. The Labute approximate surface area is 233 Å². The molecular formula is C28H39ClO10. The van der Waals surface area contributed by atoms with Crippen molar-refractivity contribution in [3.05, 3.63) is 12.2 Å². The van der Waals surface area contributed by atoms with Gasteiger partial charge in [0, 0.05) is 30.6 Å². The van der Waals surface area contributed by atoms with Gasteiger partial charge in [0.2, 0.25) is 0 Å². The van der Waals surface area contributed by atoms with E-state index < -0.39 is 94.9 Å². The summed E-state index contributed by atoms with van der Waals surface area (Å²) in [5, 5.41) is 23.1. The molecule has 39 heavy (non-hydrogen) atoms. The average molecular weight is 571 g/mol. The summed E-state index contributed by atoms with van der Waals surface area (Å²) in [4.78, 5) is 38.3. The number of alkyl halides is 1. The second kappa shape index (κ2) is 9.98. The fraction of sp³-hybridized carbons (Fsp3) is 0.821. The first-order valence-electron chi connectivity index (χ1n) is 13.9. The van der Waals surface area contributed by atoms with Crippen LogP contribution < -0.4 is 0 Å². The third kappa shape index (κ3) is 4.33. The molecule has 11 heteroatoms. The van der Waals surface area contributed by atoms with E-state index in [0.29, 0.717) is 12.0 Å². The molecule has 2 saturated carbocycles. The molecule has 0 amide bonds. The van der Waals surface area contributed by atoms with Crippen LogP contribution in [0.15, 0.2) is 12.2 Å². The zero-order valence-electron chi connectivity index (χ0n) is 23.0. The van der Waals surface area contributed by atoms with E-state index in [1.807, 2.05) is 13.8 Å². The summed E-state index contributed by atoms with van der Waals surface area (Å²) in [7, 11) is 0.